The van der Waals surface area contributed by atoms with Crippen LogP contribution in [0.4, 0.5) is 11.4 Å². The van der Waals surface area contributed by atoms with E-state index in [1.165, 1.54) is 67.0 Å². The summed E-state index contributed by atoms with van der Waals surface area (Å²) in [5.41, 5.74) is 15.6. The van der Waals surface area contributed by atoms with Crippen molar-refractivity contribution in [1.82, 2.24) is 24.5 Å². The Balaban J connectivity index is 0.000000449. The molecule has 0 saturated carbocycles. The molecule has 5 aromatic carbocycles. The Hall–Kier alpha value is -4.50. The summed E-state index contributed by atoms with van der Waals surface area (Å²) < 4.78 is 0. The molecule has 2 aliphatic carbocycles. The first-order valence-electron chi connectivity index (χ1n) is 23.0. The highest BCUT2D eigenvalue weighted by Crippen LogP contribution is 2.58. The lowest BCUT2D eigenvalue weighted by atomic mass is 9.58. The second kappa shape index (κ2) is 27.0. The van der Waals surface area contributed by atoms with Gasteiger partial charge in [-0.05, 0) is 190 Å². The Bertz CT molecular complexity index is 1890. The van der Waals surface area contributed by atoms with Crippen LogP contribution < -0.4 is 9.80 Å². The van der Waals surface area contributed by atoms with Crippen LogP contribution in [0.25, 0.3) is 22.3 Å². The number of rotatable bonds is 7. The van der Waals surface area contributed by atoms with Crippen molar-refractivity contribution in [3.8, 4) is 22.3 Å². The number of anilines is 2. The largest absolute Gasteiger partial charge is 0.378 e. The van der Waals surface area contributed by atoms with Gasteiger partial charge in [0.1, 0.15) is 0 Å². The molecule has 7 nitrogen and oxygen atoms in total. The summed E-state index contributed by atoms with van der Waals surface area (Å²) in [5, 5.41) is 0. The zero-order chi connectivity index (χ0) is 47.4. The molecule has 2 aliphatic rings. The van der Waals surface area contributed by atoms with Crippen molar-refractivity contribution in [3.63, 3.8) is 0 Å². The van der Waals surface area contributed by atoms with Crippen molar-refractivity contribution in [3.05, 3.63) is 143 Å². The summed E-state index contributed by atoms with van der Waals surface area (Å²) >= 11 is 0. The van der Waals surface area contributed by atoms with E-state index >= 15 is 0 Å². The fourth-order valence-corrected chi connectivity index (χ4v) is 6.86. The fourth-order valence-electron chi connectivity index (χ4n) is 6.86. The molecule has 346 valence electrons. The van der Waals surface area contributed by atoms with Crippen molar-refractivity contribution in [1.29, 1.82) is 0 Å². The third kappa shape index (κ3) is 15.0. The minimum Gasteiger partial charge on any atom is -0.378 e. The maximum Gasteiger partial charge on any atom is 0.0719 e. The molecule has 0 aromatic heterocycles. The van der Waals surface area contributed by atoms with Gasteiger partial charge in [-0.15, -0.1) is 0 Å². The lowest BCUT2D eigenvalue weighted by Crippen LogP contribution is -2.37. The van der Waals surface area contributed by atoms with Gasteiger partial charge in [-0.3, -0.25) is 0 Å². The average molecular weight is 858 g/mol. The van der Waals surface area contributed by atoms with Crippen molar-refractivity contribution in [2.45, 2.75) is 46.5 Å². The van der Waals surface area contributed by atoms with Gasteiger partial charge in [0.2, 0.25) is 0 Å². The second-order valence-corrected chi connectivity index (χ2v) is 18.0. The van der Waals surface area contributed by atoms with Gasteiger partial charge in [0, 0.05) is 39.6 Å². The Morgan fingerprint density at radius 1 is 0.333 bits per heavy atom. The van der Waals surface area contributed by atoms with Crippen molar-refractivity contribution >= 4 is 11.4 Å². The lowest BCUT2D eigenvalue weighted by Gasteiger charge is -2.44. The fraction of sp³-hybridized carbons (Fsp3) is 0.464. The molecule has 0 aliphatic heterocycles. The van der Waals surface area contributed by atoms with Crippen molar-refractivity contribution in [2.75, 3.05) is 141 Å². The third-order valence-electron chi connectivity index (χ3n) is 11.7. The van der Waals surface area contributed by atoms with Gasteiger partial charge in [0.05, 0.1) is 5.41 Å². The van der Waals surface area contributed by atoms with Crippen LogP contribution in [0.3, 0.4) is 0 Å². The van der Waals surface area contributed by atoms with Crippen molar-refractivity contribution in [2.24, 2.45) is 0 Å². The summed E-state index contributed by atoms with van der Waals surface area (Å²) in [6.07, 6.45) is 0.924. The van der Waals surface area contributed by atoms with Crippen LogP contribution in [-0.4, -0.2) is 156 Å². The molecular formula is C56H87N7. The molecule has 0 heterocycles. The number of fused-ring (bicyclic) bond motifs is 11. The zero-order valence-corrected chi connectivity index (χ0v) is 43.3. The number of nitrogens with zero attached hydrogens (tertiary/aromatic N) is 7. The molecule has 0 bridgehead atoms. The third-order valence-corrected chi connectivity index (χ3v) is 11.7. The van der Waals surface area contributed by atoms with Crippen LogP contribution in [0.2, 0.25) is 0 Å². The highest BCUT2D eigenvalue weighted by molar-refractivity contribution is 5.93. The van der Waals surface area contributed by atoms with E-state index in [-0.39, 0.29) is 0 Å². The molecule has 7 heteroatoms. The molecular weight excluding hydrogens is 771 g/mol. The van der Waals surface area contributed by atoms with E-state index in [1.54, 1.807) is 0 Å². The van der Waals surface area contributed by atoms with Crippen LogP contribution in [0.1, 0.15) is 68.0 Å². The molecule has 1 spiro atoms. The highest BCUT2D eigenvalue weighted by atomic mass is 15.1. The van der Waals surface area contributed by atoms with Crippen molar-refractivity contribution < 1.29 is 0 Å². The van der Waals surface area contributed by atoms with Crippen LogP contribution in [0.5, 0.6) is 0 Å². The standard InChI is InChI=1S/C36H32N2.5C4H11N/c1-37(2)26-17-19-32-24(22-26)21-25-23-27(38(3)4)18-20-33(25)36(32)34-15-9-7-13-30(34)28-11-5-6-12-29(28)31-14-8-10-16-35(31)36;5*1-4-5(2)3/h5-20,22-23H,21H2,1-4H3;5*4H2,1-3H3. The molecule has 0 unspecified atom stereocenters. The van der Waals surface area contributed by atoms with E-state index in [2.05, 4.69) is 277 Å². The SMILES string of the molecule is CCN(C)C.CCN(C)C.CCN(C)C.CCN(C)C.CCN(C)C.CN(C)c1ccc2c(c1)Cc1cc(N(C)C)ccc1C21c2ccccc2-c2ccccc2-c2ccccc21. The summed E-state index contributed by atoms with van der Waals surface area (Å²) in [6, 6.07) is 41.3. The van der Waals surface area contributed by atoms with E-state index in [9.17, 15) is 0 Å². The first-order valence-corrected chi connectivity index (χ1v) is 23.0. The van der Waals surface area contributed by atoms with E-state index in [1.807, 2.05) is 0 Å². The number of hydrogen-bond acceptors (Lipinski definition) is 7. The summed E-state index contributed by atoms with van der Waals surface area (Å²) in [5.74, 6) is 0. The maximum absolute atomic E-state index is 2.41. The monoisotopic (exact) mass is 858 g/mol. The van der Waals surface area contributed by atoms with Crippen LogP contribution in [0.15, 0.2) is 109 Å². The van der Waals surface area contributed by atoms with Crippen LogP contribution in [0, 0.1) is 0 Å². The Kier molecular flexibility index (Phi) is 23.4. The number of hydrogen-bond donors (Lipinski definition) is 0. The smallest absolute Gasteiger partial charge is 0.0719 e. The molecule has 5 aromatic rings. The zero-order valence-electron chi connectivity index (χ0n) is 43.3. The predicted molar refractivity (Wildman–Crippen MR) is 282 cm³/mol. The summed E-state index contributed by atoms with van der Waals surface area (Å²) in [6.45, 7) is 16.3. The van der Waals surface area contributed by atoms with Gasteiger partial charge in [-0.25, -0.2) is 0 Å². The predicted octanol–water partition coefficient (Wildman–Crippen LogP) is 10.6. The molecule has 0 amide bonds. The molecule has 0 N–H and O–H groups in total. The molecule has 0 radical (unpaired) electrons. The maximum atomic E-state index is 2.41. The average Bonchev–Trinajstić information content (AvgIpc) is 3.38. The van der Waals surface area contributed by atoms with E-state index < -0.39 is 5.41 Å². The first kappa shape index (κ1) is 54.6. The molecule has 0 fully saturated rings. The Morgan fingerprint density at radius 2 is 0.587 bits per heavy atom. The molecule has 63 heavy (non-hydrogen) atoms. The minimum atomic E-state index is -0.426. The van der Waals surface area contributed by atoms with Crippen LogP contribution in [-0.2, 0) is 11.8 Å². The normalized spacial score (nSPS) is 12.2. The quantitative estimate of drug-likeness (QED) is 0.157. The van der Waals surface area contributed by atoms with E-state index in [4.69, 9.17) is 0 Å². The lowest BCUT2D eigenvalue weighted by molar-refractivity contribution is 0.434. The van der Waals surface area contributed by atoms with Gasteiger partial charge in [0.15, 0.2) is 0 Å². The van der Waals surface area contributed by atoms with Gasteiger partial charge in [-0.1, -0.05) is 120 Å². The molecule has 7 rings (SSSR count). The van der Waals surface area contributed by atoms with Gasteiger partial charge < -0.3 is 34.3 Å². The summed E-state index contributed by atoms with van der Waals surface area (Å²) in [7, 11) is 29.1. The first-order chi connectivity index (χ1) is 29.8. The minimum absolute atomic E-state index is 0.426. The summed E-state index contributed by atoms with van der Waals surface area (Å²) in [4.78, 5) is 15.0. The van der Waals surface area contributed by atoms with Crippen LogP contribution >= 0.6 is 0 Å². The van der Waals surface area contributed by atoms with Gasteiger partial charge >= 0.3 is 0 Å². The van der Waals surface area contributed by atoms with E-state index in [0.717, 1.165) is 39.1 Å². The van der Waals surface area contributed by atoms with Gasteiger partial charge in [-0.2, -0.15) is 0 Å². The van der Waals surface area contributed by atoms with E-state index in [0.29, 0.717) is 0 Å². The Labute approximate surface area is 386 Å². The second-order valence-electron chi connectivity index (χ2n) is 18.0. The highest BCUT2D eigenvalue weighted by Gasteiger charge is 2.47. The van der Waals surface area contributed by atoms with Gasteiger partial charge in [0.25, 0.3) is 0 Å². The number of benzene rings is 5. The molecule has 0 saturated heterocycles. The Morgan fingerprint density at radius 3 is 0.841 bits per heavy atom. The molecule has 0 atom stereocenters. The topological polar surface area (TPSA) is 22.7 Å².